The number of hydrogen-bond donors (Lipinski definition) is 0. The Morgan fingerprint density at radius 1 is 1.31 bits per heavy atom. The molecule has 0 aliphatic heterocycles. The molecule has 0 N–H and O–H groups in total. The molecule has 2 rings (SSSR count). The Morgan fingerprint density at radius 3 is 2.88 bits per heavy atom. The van der Waals surface area contributed by atoms with Crippen LogP contribution in [0.3, 0.4) is 0 Å². The molecule has 0 aliphatic carbocycles. The average Bonchev–Trinajstić information content (AvgIpc) is 2.27. The molecule has 0 fully saturated rings. The van der Waals surface area contributed by atoms with Crippen LogP contribution >= 0.6 is 39.3 Å². The van der Waals surface area contributed by atoms with Crippen molar-refractivity contribution in [2.24, 2.45) is 0 Å². The second-order valence-electron chi connectivity index (χ2n) is 3.02. The van der Waals surface area contributed by atoms with E-state index >= 15 is 0 Å². The molecule has 0 unspecified atom stereocenters. The molecular weight excluding hydrogens is 310 g/mol. The monoisotopic (exact) mass is 315 g/mol. The zero-order chi connectivity index (χ0) is 11.5. The Bertz CT molecular complexity index is 521. The summed E-state index contributed by atoms with van der Waals surface area (Å²) >= 11 is 10.7. The van der Waals surface area contributed by atoms with Gasteiger partial charge in [0.2, 0.25) is 5.28 Å². The zero-order valence-electron chi connectivity index (χ0n) is 8.32. The van der Waals surface area contributed by atoms with E-state index in [0.717, 1.165) is 20.1 Å². The molecule has 16 heavy (non-hydrogen) atoms. The molecule has 3 nitrogen and oxygen atoms in total. The lowest BCUT2D eigenvalue weighted by Crippen LogP contribution is -1.90. The summed E-state index contributed by atoms with van der Waals surface area (Å²) in [6.07, 6.45) is 3.44. The summed E-state index contributed by atoms with van der Waals surface area (Å²) < 4.78 is 0.939. The number of rotatable bonds is 2. The van der Waals surface area contributed by atoms with E-state index in [1.165, 1.54) is 11.8 Å². The molecule has 0 spiro atoms. The first-order valence-electron chi connectivity index (χ1n) is 4.44. The normalized spacial score (nSPS) is 10.4. The van der Waals surface area contributed by atoms with Crippen LogP contribution < -0.4 is 0 Å². The standard InChI is InChI=1S/C10H7BrClN3S/c1-6-5-14-10(12)15-8(6)16-9-7(11)3-2-4-13-9/h2-5H,1H3. The molecule has 0 saturated heterocycles. The molecule has 0 aliphatic rings. The molecule has 2 heterocycles. The molecular formula is C10H7BrClN3S. The van der Waals surface area contributed by atoms with Gasteiger partial charge in [0.15, 0.2) is 0 Å². The first-order chi connectivity index (χ1) is 7.66. The first kappa shape index (κ1) is 11.8. The predicted molar refractivity (Wildman–Crippen MR) is 67.8 cm³/mol. The SMILES string of the molecule is Cc1cnc(Cl)nc1Sc1ncccc1Br. The average molecular weight is 317 g/mol. The highest BCUT2D eigenvalue weighted by Crippen LogP contribution is 2.32. The number of aromatic nitrogens is 3. The maximum absolute atomic E-state index is 5.76. The van der Waals surface area contributed by atoms with E-state index in [1.807, 2.05) is 19.1 Å². The predicted octanol–water partition coefficient (Wildman–Crippen LogP) is 3.75. The lowest BCUT2D eigenvalue weighted by molar-refractivity contribution is 0.995. The molecule has 0 saturated carbocycles. The highest BCUT2D eigenvalue weighted by Gasteiger charge is 2.08. The van der Waals surface area contributed by atoms with Crippen molar-refractivity contribution in [3.05, 3.63) is 39.8 Å². The molecule has 0 aromatic carbocycles. The van der Waals surface area contributed by atoms with Gasteiger partial charge in [-0.15, -0.1) is 0 Å². The number of nitrogens with zero attached hydrogens (tertiary/aromatic N) is 3. The van der Waals surface area contributed by atoms with Crippen LogP contribution in [0.5, 0.6) is 0 Å². The van der Waals surface area contributed by atoms with E-state index in [1.54, 1.807) is 12.4 Å². The number of halogens is 2. The smallest absolute Gasteiger partial charge is 0.223 e. The van der Waals surface area contributed by atoms with Crippen molar-refractivity contribution in [3.8, 4) is 0 Å². The van der Waals surface area contributed by atoms with Crippen molar-refractivity contribution in [2.45, 2.75) is 17.0 Å². The molecule has 0 amide bonds. The number of pyridine rings is 1. The summed E-state index contributed by atoms with van der Waals surface area (Å²) in [6, 6.07) is 3.81. The van der Waals surface area contributed by atoms with Crippen molar-refractivity contribution in [1.82, 2.24) is 15.0 Å². The Hall–Kier alpha value is -0.650. The van der Waals surface area contributed by atoms with E-state index < -0.39 is 0 Å². The lowest BCUT2D eigenvalue weighted by Gasteiger charge is -2.04. The maximum Gasteiger partial charge on any atom is 0.223 e. The Kier molecular flexibility index (Phi) is 3.78. The van der Waals surface area contributed by atoms with Crippen LogP contribution in [0.15, 0.2) is 39.1 Å². The minimum absolute atomic E-state index is 0.250. The van der Waals surface area contributed by atoms with Crippen LogP contribution in [0.1, 0.15) is 5.56 Å². The van der Waals surface area contributed by atoms with Gasteiger partial charge in [0, 0.05) is 18.0 Å². The summed E-state index contributed by atoms with van der Waals surface area (Å²) in [5, 5.41) is 1.93. The van der Waals surface area contributed by atoms with Gasteiger partial charge in [-0.3, -0.25) is 0 Å². The van der Waals surface area contributed by atoms with Crippen molar-refractivity contribution >= 4 is 39.3 Å². The van der Waals surface area contributed by atoms with Crippen molar-refractivity contribution < 1.29 is 0 Å². The van der Waals surface area contributed by atoms with Crippen LogP contribution in [0.25, 0.3) is 0 Å². The number of aryl methyl sites for hydroxylation is 1. The lowest BCUT2D eigenvalue weighted by atomic mass is 10.4. The third-order valence-corrected chi connectivity index (χ3v) is 4.02. The topological polar surface area (TPSA) is 38.7 Å². The molecule has 2 aromatic heterocycles. The van der Waals surface area contributed by atoms with Gasteiger partial charge in [-0.25, -0.2) is 15.0 Å². The minimum Gasteiger partial charge on any atom is -0.248 e. The summed E-state index contributed by atoms with van der Waals surface area (Å²) in [4.78, 5) is 12.3. The third kappa shape index (κ3) is 2.72. The van der Waals surface area contributed by atoms with Gasteiger partial charge in [-0.2, -0.15) is 0 Å². The summed E-state index contributed by atoms with van der Waals surface area (Å²) in [5.41, 5.74) is 0.979. The van der Waals surface area contributed by atoms with Gasteiger partial charge in [0.25, 0.3) is 0 Å². The van der Waals surface area contributed by atoms with Gasteiger partial charge in [-0.1, -0.05) is 0 Å². The molecule has 82 valence electrons. The van der Waals surface area contributed by atoms with Crippen molar-refractivity contribution in [1.29, 1.82) is 0 Å². The van der Waals surface area contributed by atoms with Crippen LogP contribution in [0.4, 0.5) is 0 Å². The Balaban J connectivity index is 2.34. The molecule has 2 aromatic rings. The van der Waals surface area contributed by atoms with Gasteiger partial charge in [0.1, 0.15) is 10.1 Å². The first-order valence-corrected chi connectivity index (χ1v) is 6.43. The summed E-state index contributed by atoms with van der Waals surface area (Å²) in [5.74, 6) is 0. The van der Waals surface area contributed by atoms with Gasteiger partial charge >= 0.3 is 0 Å². The Morgan fingerprint density at radius 2 is 2.12 bits per heavy atom. The van der Waals surface area contributed by atoms with E-state index in [-0.39, 0.29) is 5.28 Å². The summed E-state index contributed by atoms with van der Waals surface area (Å²) in [7, 11) is 0. The largest absolute Gasteiger partial charge is 0.248 e. The minimum atomic E-state index is 0.250. The highest BCUT2D eigenvalue weighted by molar-refractivity contribution is 9.10. The second-order valence-corrected chi connectivity index (χ2v) is 5.19. The molecule has 6 heteroatoms. The van der Waals surface area contributed by atoms with Crippen molar-refractivity contribution in [2.75, 3.05) is 0 Å². The maximum atomic E-state index is 5.76. The summed E-state index contributed by atoms with van der Waals surface area (Å²) in [6.45, 7) is 1.94. The fraction of sp³-hybridized carbons (Fsp3) is 0.100. The van der Waals surface area contributed by atoms with E-state index in [9.17, 15) is 0 Å². The van der Waals surface area contributed by atoms with Gasteiger partial charge in [0.05, 0.1) is 4.47 Å². The van der Waals surface area contributed by atoms with Crippen LogP contribution in [-0.4, -0.2) is 15.0 Å². The molecule has 0 bridgehead atoms. The van der Waals surface area contributed by atoms with Crippen LogP contribution in [0, 0.1) is 6.92 Å². The second kappa shape index (κ2) is 5.12. The fourth-order valence-electron chi connectivity index (χ4n) is 1.05. The van der Waals surface area contributed by atoms with Crippen molar-refractivity contribution in [3.63, 3.8) is 0 Å². The number of hydrogen-bond acceptors (Lipinski definition) is 4. The Labute approximate surface area is 111 Å². The van der Waals surface area contributed by atoms with E-state index in [4.69, 9.17) is 11.6 Å². The third-order valence-electron chi connectivity index (χ3n) is 1.81. The quantitative estimate of drug-likeness (QED) is 0.625. The molecule has 0 radical (unpaired) electrons. The highest BCUT2D eigenvalue weighted by atomic mass is 79.9. The zero-order valence-corrected chi connectivity index (χ0v) is 11.5. The van der Waals surface area contributed by atoms with Crippen LogP contribution in [0.2, 0.25) is 5.28 Å². The molecule has 0 atom stereocenters. The van der Waals surface area contributed by atoms with Crippen LogP contribution in [-0.2, 0) is 0 Å². The van der Waals surface area contributed by atoms with Gasteiger partial charge in [-0.05, 0) is 58.3 Å². The fourth-order valence-corrected chi connectivity index (χ4v) is 2.54. The van der Waals surface area contributed by atoms with E-state index in [0.29, 0.717) is 0 Å². The van der Waals surface area contributed by atoms with Gasteiger partial charge < -0.3 is 0 Å². The van der Waals surface area contributed by atoms with E-state index in [2.05, 4.69) is 30.9 Å².